The van der Waals surface area contributed by atoms with E-state index in [1.165, 1.54) is 30.6 Å². The molecule has 6 rings (SSSR count). The SMILES string of the molecule is COc1ncc(-c2cc(CN3CC(F)C3)c3c(N)ncnn23)cc1C(=O)N[C@@H]1CN(C(=O)C2CC(F)(F)C2)C[C@@H]1F. The zero-order valence-corrected chi connectivity index (χ0v) is 22.1. The number of methoxy groups -OCH3 is 1. The molecule has 3 N–H and O–H groups in total. The number of halogens is 4. The van der Waals surface area contributed by atoms with Crippen LogP contribution in [-0.2, 0) is 11.3 Å². The van der Waals surface area contributed by atoms with Crippen LogP contribution in [0.4, 0.5) is 23.4 Å². The Bertz CT molecular complexity index is 1500. The van der Waals surface area contributed by atoms with Crippen molar-refractivity contribution in [3.8, 4) is 17.1 Å². The maximum absolute atomic E-state index is 14.9. The lowest BCUT2D eigenvalue weighted by atomic mass is 9.80. The van der Waals surface area contributed by atoms with Crippen LogP contribution >= 0.6 is 0 Å². The molecule has 2 atom stereocenters. The van der Waals surface area contributed by atoms with Crippen molar-refractivity contribution in [2.24, 2.45) is 5.92 Å². The van der Waals surface area contributed by atoms with Crippen LogP contribution in [0.5, 0.6) is 5.88 Å². The van der Waals surface area contributed by atoms with Crippen LogP contribution in [0.2, 0.25) is 0 Å². The van der Waals surface area contributed by atoms with Crippen molar-refractivity contribution in [1.29, 1.82) is 0 Å². The van der Waals surface area contributed by atoms with E-state index < -0.39 is 54.9 Å². The minimum atomic E-state index is -2.87. The van der Waals surface area contributed by atoms with Crippen molar-refractivity contribution in [2.45, 2.75) is 43.7 Å². The van der Waals surface area contributed by atoms with Gasteiger partial charge in [-0.1, -0.05) is 0 Å². The molecule has 0 bridgehead atoms. The van der Waals surface area contributed by atoms with Gasteiger partial charge >= 0.3 is 0 Å². The summed E-state index contributed by atoms with van der Waals surface area (Å²) in [5.41, 5.74) is 8.51. The topological polar surface area (TPSA) is 131 Å². The lowest BCUT2D eigenvalue weighted by molar-refractivity contribution is -0.159. The molecule has 11 nitrogen and oxygen atoms in total. The number of nitrogens with one attached hydrogen (secondary N) is 1. The summed E-state index contributed by atoms with van der Waals surface area (Å²) in [7, 11) is 1.34. The standard InChI is InChI=1S/C26H28F4N8O3/c1-41-24-17(23(39)35-19-11-37(10-18(19)28)25(40)15-4-26(29,30)5-15)2-13(6-32-24)20-3-14(7-36-8-16(27)9-36)21-22(31)33-12-34-38(20)21/h2-3,6,12,15-16,18-19H,4-5,7-11H2,1H3,(H,35,39)(H2,31,33,34)/t18-,19+/m0/s1. The fraction of sp³-hybridized carbons (Fsp3) is 0.500. The average molecular weight is 577 g/mol. The number of hydrogen-bond donors (Lipinski definition) is 2. The molecule has 3 fully saturated rings. The van der Waals surface area contributed by atoms with Gasteiger partial charge in [-0.3, -0.25) is 14.5 Å². The Hall–Kier alpha value is -4.01. The third-order valence-electron chi connectivity index (χ3n) is 7.87. The molecule has 0 radical (unpaired) electrons. The van der Waals surface area contributed by atoms with Crippen molar-refractivity contribution in [1.82, 2.24) is 34.7 Å². The predicted octanol–water partition coefficient (Wildman–Crippen LogP) is 1.86. The van der Waals surface area contributed by atoms with E-state index >= 15 is 0 Å². The van der Waals surface area contributed by atoms with Crippen LogP contribution in [-0.4, -0.2) is 98.8 Å². The van der Waals surface area contributed by atoms with Crippen molar-refractivity contribution < 1.29 is 31.9 Å². The van der Waals surface area contributed by atoms with Gasteiger partial charge in [-0.2, -0.15) is 5.10 Å². The van der Waals surface area contributed by atoms with Gasteiger partial charge < -0.3 is 20.7 Å². The fourth-order valence-corrected chi connectivity index (χ4v) is 5.69. The molecule has 2 aliphatic heterocycles. The summed E-state index contributed by atoms with van der Waals surface area (Å²) in [6.07, 6.45) is -0.766. The maximum atomic E-state index is 14.9. The van der Waals surface area contributed by atoms with Crippen LogP contribution in [0.3, 0.4) is 0 Å². The highest BCUT2D eigenvalue weighted by atomic mass is 19.3. The average Bonchev–Trinajstić information content (AvgIpc) is 3.46. The summed E-state index contributed by atoms with van der Waals surface area (Å²) in [4.78, 5) is 37.3. The third-order valence-corrected chi connectivity index (χ3v) is 7.87. The van der Waals surface area contributed by atoms with E-state index in [0.717, 1.165) is 5.56 Å². The second kappa shape index (κ2) is 10.1. The number of nitrogens with two attached hydrogens (primary N) is 1. The van der Waals surface area contributed by atoms with Gasteiger partial charge in [-0.05, 0) is 17.7 Å². The van der Waals surface area contributed by atoms with E-state index in [1.54, 1.807) is 4.52 Å². The first kappa shape index (κ1) is 27.2. The molecular weight excluding hydrogens is 548 g/mol. The number of fused-ring (bicyclic) bond motifs is 1. The smallest absolute Gasteiger partial charge is 0.257 e. The first-order chi connectivity index (χ1) is 19.5. The molecule has 0 spiro atoms. The van der Waals surface area contributed by atoms with E-state index in [1.807, 2.05) is 11.0 Å². The summed E-state index contributed by atoms with van der Waals surface area (Å²) in [6.45, 7) is 0.610. The number of carbonyl (C=O) groups excluding carboxylic acids is 2. The first-order valence-corrected chi connectivity index (χ1v) is 13.2. The lowest BCUT2D eigenvalue weighted by Gasteiger charge is -2.36. The molecule has 1 saturated carbocycles. The fourth-order valence-electron chi connectivity index (χ4n) is 5.69. The van der Waals surface area contributed by atoms with Crippen molar-refractivity contribution in [2.75, 3.05) is 39.0 Å². The van der Waals surface area contributed by atoms with Crippen LogP contribution < -0.4 is 15.8 Å². The summed E-state index contributed by atoms with van der Waals surface area (Å²) >= 11 is 0. The Morgan fingerprint density at radius 1 is 1.15 bits per heavy atom. The number of nitrogen functional groups attached to an aromatic ring is 1. The number of pyridine rings is 1. The zero-order valence-electron chi connectivity index (χ0n) is 22.1. The summed E-state index contributed by atoms with van der Waals surface area (Å²) in [5, 5.41) is 6.92. The Morgan fingerprint density at radius 3 is 2.59 bits per heavy atom. The normalized spacial score (nSPS) is 22.9. The summed E-state index contributed by atoms with van der Waals surface area (Å²) in [5.74, 6) is -4.70. The number of hydrogen-bond acceptors (Lipinski definition) is 8. The molecule has 218 valence electrons. The predicted molar refractivity (Wildman–Crippen MR) is 138 cm³/mol. The number of anilines is 1. The van der Waals surface area contributed by atoms with Crippen LogP contribution in [0, 0.1) is 5.92 Å². The highest BCUT2D eigenvalue weighted by Gasteiger charge is 2.51. The number of alkyl halides is 4. The van der Waals surface area contributed by atoms with Gasteiger partial charge in [0.15, 0.2) is 5.82 Å². The largest absolute Gasteiger partial charge is 0.480 e. The van der Waals surface area contributed by atoms with E-state index in [9.17, 15) is 27.2 Å². The van der Waals surface area contributed by atoms with Crippen molar-refractivity contribution in [3.63, 3.8) is 0 Å². The minimum absolute atomic E-state index is 0.00548. The molecule has 1 aliphatic carbocycles. The molecular formula is C26H28F4N8O3. The van der Waals surface area contributed by atoms with Gasteiger partial charge in [0.2, 0.25) is 17.7 Å². The van der Waals surface area contributed by atoms with Crippen LogP contribution in [0.1, 0.15) is 28.8 Å². The summed E-state index contributed by atoms with van der Waals surface area (Å²) < 4.78 is 61.6. The molecule has 3 aliphatic rings. The van der Waals surface area contributed by atoms with Gasteiger partial charge in [-0.15, -0.1) is 0 Å². The quantitative estimate of drug-likeness (QED) is 0.408. The van der Waals surface area contributed by atoms with Gasteiger partial charge in [0.05, 0.1) is 25.4 Å². The molecule has 2 amide bonds. The zero-order chi connectivity index (χ0) is 29.1. The van der Waals surface area contributed by atoms with E-state index in [0.29, 0.717) is 36.4 Å². The van der Waals surface area contributed by atoms with Gasteiger partial charge in [0.1, 0.15) is 29.8 Å². The van der Waals surface area contributed by atoms with Crippen molar-refractivity contribution in [3.05, 3.63) is 35.8 Å². The number of nitrogens with zero attached hydrogens (tertiary/aromatic N) is 6. The van der Waals surface area contributed by atoms with E-state index in [4.69, 9.17) is 10.5 Å². The van der Waals surface area contributed by atoms with Gasteiger partial charge in [0, 0.05) is 56.7 Å². The second-order valence-electron chi connectivity index (χ2n) is 10.8. The lowest BCUT2D eigenvalue weighted by Crippen LogP contribution is -2.47. The summed E-state index contributed by atoms with van der Waals surface area (Å²) in [6, 6.07) is 2.30. The van der Waals surface area contributed by atoms with Gasteiger partial charge in [0.25, 0.3) is 5.91 Å². The molecule has 15 heteroatoms. The number of carbonyl (C=O) groups is 2. The molecule has 5 heterocycles. The first-order valence-electron chi connectivity index (χ1n) is 13.2. The molecule has 3 aromatic rings. The molecule has 0 unspecified atom stereocenters. The highest BCUT2D eigenvalue weighted by Crippen LogP contribution is 2.43. The minimum Gasteiger partial charge on any atom is -0.480 e. The van der Waals surface area contributed by atoms with E-state index in [2.05, 4.69) is 20.4 Å². The number of amides is 2. The van der Waals surface area contributed by atoms with Crippen LogP contribution in [0.25, 0.3) is 16.8 Å². The van der Waals surface area contributed by atoms with Gasteiger partial charge in [-0.25, -0.2) is 32.0 Å². The molecule has 41 heavy (non-hydrogen) atoms. The Morgan fingerprint density at radius 2 is 1.90 bits per heavy atom. The maximum Gasteiger partial charge on any atom is 0.257 e. The highest BCUT2D eigenvalue weighted by molar-refractivity contribution is 5.98. The number of likely N-dealkylation sites (tertiary alicyclic amines) is 2. The number of aromatic nitrogens is 4. The molecule has 2 saturated heterocycles. The number of rotatable bonds is 7. The van der Waals surface area contributed by atoms with Crippen molar-refractivity contribution >= 4 is 23.1 Å². The second-order valence-corrected chi connectivity index (χ2v) is 10.8. The molecule has 3 aromatic heterocycles. The Labute approximate surface area is 231 Å². The van der Waals surface area contributed by atoms with E-state index in [-0.39, 0.29) is 30.4 Å². The molecule has 0 aromatic carbocycles. The monoisotopic (exact) mass is 576 g/mol. The Balaban J connectivity index is 1.24. The van der Waals surface area contributed by atoms with Crippen LogP contribution in [0.15, 0.2) is 24.7 Å². The number of ether oxygens (including phenoxy) is 1. The Kier molecular flexibility index (Phi) is 6.71. The third kappa shape index (κ3) is 5.02.